The average molecular weight is 277 g/mol. The molecule has 1 aromatic rings. The molecular weight excluding hydrogens is 254 g/mol. The Kier molecular flexibility index (Phi) is 4.30. The normalized spacial score (nSPS) is 22.7. The van der Waals surface area contributed by atoms with Crippen molar-refractivity contribution in [2.75, 3.05) is 13.1 Å². The molecule has 1 saturated carbocycles. The van der Waals surface area contributed by atoms with Gasteiger partial charge in [-0.1, -0.05) is 11.6 Å². The second kappa shape index (κ2) is 6.35. The Bertz CT molecular complexity index is 448. The second-order valence-corrected chi connectivity index (χ2v) is 5.96. The minimum absolute atomic E-state index is 0.0982. The fourth-order valence-corrected chi connectivity index (χ4v) is 2.62. The maximum absolute atomic E-state index is 11.9. The Labute approximate surface area is 119 Å². The summed E-state index contributed by atoms with van der Waals surface area (Å²) in [7, 11) is 0. The van der Waals surface area contributed by atoms with Gasteiger partial charge in [-0.3, -0.25) is 9.48 Å². The fourth-order valence-electron chi connectivity index (χ4n) is 2.62. The molecule has 1 aliphatic carbocycles. The van der Waals surface area contributed by atoms with Crippen LogP contribution in [-0.2, 0) is 6.54 Å². The van der Waals surface area contributed by atoms with Crippen molar-refractivity contribution in [2.24, 2.45) is 5.92 Å². The zero-order valence-corrected chi connectivity index (χ0v) is 11.8. The minimum atomic E-state index is -0.0982. The molecule has 2 heterocycles. The van der Waals surface area contributed by atoms with Crippen LogP contribution in [0.2, 0.25) is 0 Å². The SMILES string of the molecule is O=C(NCC1CC1)c1cn(CCC2CCCCN2)nn1. The van der Waals surface area contributed by atoms with Gasteiger partial charge >= 0.3 is 0 Å². The average Bonchev–Trinajstić information content (AvgIpc) is 3.20. The Morgan fingerprint density at radius 3 is 3.05 bits per heavy atom. The molecule has 1 aliphatic heterocycles. The molecule has 1 unspecified atom stereocenters. The molecule has 1 aromatic heterocycles. The molecule has 110 valence electrons. The summed E-state index contributed by atoms with van der Waals surface area (Å²) in [5.74, 6) is 0.588. The standard InChI is InChI=1S/C14H23N5O/c20-14(16-9-11-4-5-11)13-10-19(18-17-13)8-6-12-3-1-2-7-15-12/h10-12,15H,1-9H2,(H,16,20). The van der Waals surface area contributed by atoms with Gasteiger partial charge in [0.15, 0.2) is 5.69 Å². The first-order chi connectivity index (χ1) is 9.81. The Morgan fingerprint density at radius 1 is 1.40 bits per heavy atom. The number of hydrogen-bond donors (Lipinski definition) is 2. The van der Waals surface area contributed by atoms with E-state index in [9.17, 15) is 4.79 Å². The van der Waals surface area contributed by atoms with Crippen LogP contribution < -0.4 is 10.6 Å². The molecule has 0 radical (unpaired) electrons. The van der Waals surface area contributed by atoms with Gasteiger partial charge < -0.3 is 10.6 Å². The lowest BCUT2D eigenvalue weighted by atomic mass is 10.0. The number of nitrogens with zero attached hydrogens (tertiary/aromatic N) is 3. The van der Waals surface area contributed by atoms with Gasteiger partial charge in [0, 0.05) is 19.1 Å². The number of hydrogen-bond acceptors (Lipinski definition) is 4. The number of aromatic nitrogens is 3. The first-order valence-electron chi connectivity index (χ1n) is 7.73. The summed E-state index contributed by atoms with van der Waals surface area (Å²) in [5, 5.41) is 14.4. The van der Waals surface area contributed by atoms with Crippen molar-refractivity contribution in [3.8, 4) is 0 Å². The lowest BCUT2D eigenvalue weighted by Gasteiger charge is -2.23. The highest BCUT2D eigenvalue weighted by Crippen LogP contribution is 2.27. The number of aryl methyl sites for hydroxylation is 1. The van der Waals surface area contributed by atoms with Crippen LogP contribution in [0, 0.1) is 5.92 Å². The summed E-state index contributed by atoms with van der Waals surface area (Å²) in [6.07, 6.45) is 9.11. The zero-order chi connectivity index (χ0) is 13.8. The molecule has 20 heavy (non-hydrogen) atoms. The molecule has 2 aliphatic rings. The van der Waals surface area contributed by atoms with Crippen LogP contribution in [0.1, 0.15) is 49.0 Å². The Hall–Kier alpha value is -1.43. The molecule has 1 atom stereocenters. The first kappa shape index (κ1) is 13.5. The highest BCUT2D eigenvalue weighted by molar-refractivity contribution is 5.91. The third kappa shape index (κ3) is 3.79. The van der Waals surface area contributed by atoms with Crippen molar-refractivity contribution >= 4 is 5.91 Å². The number of amides is 1. The van der Waals surface area contributed by atoms with Crippen molar-refractivity contribution in [1.29, 1.82) is 0 Å². The zero-order valence-electron chi connectivity index (χ0n) is 11.8. The molecular formula is C14H23N5O. The predicted octanol–water partition coefficient (Wildman–Crippen LogP) is 0.950. The van der Waals surface area contributed by atoms with Crippen LogP contribution in [0.5, 0.6) is 0 Å². The molecule has 2 N–H and O–H groups in total. The molecule has 1 saturated heterocycles. The molecule has 6 nitrogen and oxygen atoms in total. The largest absolute Gasteiger partial charge is 0.350 e. The van der Waals surface area contributed by atoms with Gasteiger partial charge in [0.05, 0.1) is 6.20 Å². The first-order valence-corrected chi connectivity index (χ1v) is 7.73. The number of piperidine rings is 1. The van der Waals surface area contributed by atoms with Crippen molar-refractivity contribution in [3.63, 3.8) is 0 Å². The van der Waals surface area contributed by atoms with Crippen molar-refractivity contribution in [3.05, 3.63) is 11.9 Å². The van der Waals surface area contributed by atoms with Gasteiger partial charge in [-0.05, 0) is 44.6 Å². The maximum atomic E-state index is 11.9. The van der Waals surface area contributed by atoms with Crippen LogP contribution in [0.4, 0.5) is 0 Å². The van der Waals surface area contributed by atoms with E-state index in [4.69, 9.17) is 0 Å². The smallest absolute Gasteiger partial charge is 0.273 e. The van der Waals surface area contributed by atoms with Gasteiger partial charge in [-0.25, -0.2) is 0 Å². The highest BCUT2D eigenvalue weighted by Gasteiger charge is 2.22. The van der Waals surface area contributed by atoms with Crippen LogP contribution in [0.15, 0.2) is 6.20 Å². The van der Waals surface area contributed by atoms with Crippen molar-refractivity contribution < 1.29 is 4.79 Å². The molecule has 3 rings (SSSR count). The molecule has 1 amide bonds. The number of carbonyl (C=O) groups excluding carboxylic acids is 1. The minimum Gasteiger partial charge on any atom is -0.350 e. The summed E-state index contributed by atoms with van der Waals surface area (Å²) in [4.78, 5) is 11.9. The number of carbonyl (C=O) groups is 1. The molecule has 6 heteroatoms. The quantitative estimate of drug-likeness (QED) is 0.812. The molecule has 0 aromatic carbocycles. The third-order valence-electron chi connectivity index (χ3n) is 4.14. The van der Waals surface area contributed by atoms with Crippen LogP contribution in [0.3, 0.4) is 0 Å². The van der Waals surface area contributed by atoms with Crippen molar-refractivity contribution in [1.82, 2.24) is 25.6 Å². The van der Waals surface area contributed by atoms with Gasteiger partial charge in [0.25, 0.3) is 5.91 Å². The van der Waals surface area contributed by atoms with Crippen molar-refractivity contribution in [2.45, 2.75) is 51.1 Å². The predicted molar refractivity (Wildman–Crippen MR) is 75.3 cm³/mol. The van der Waals surface area contributed by atoms with E-state index in [1.165, 1.54) is 32.1 Å². The van der Waals surface area contributed by atoms with Gasteiger partial charge in [-0.15, -0.1) is 5.10 Å². The molecule has 2 fully saturated rings. The third-order valence-corrected chi connectivity index (χ3v) is 4.14. The maximum Gasteiger partial charge on any atom is 0.273 e. The lowest BCUT2D eigenvalue weighted by molar-refractivity contribution is 0.0946. The van der Waals surface area contributed by atoms with Gasteiger partial charge in [0.1, 0.15) is 0 Å². The van der Waals surface area contributed by atoms with Crippen LogP contribution >= 0.6 is 0 Å². The Balaban J connectivity index is 1.44. The molecule has 0 bridgehead atoms. The Morgan fingerprint density at radius 2 is 2.30 bits per heavy atom. The van der Waals surface area contributed by atoms with E-state index in [1.807, 2.05) is 0 Å². The van der Waals surface area contributed by atoms with E-state index in [-0.39, 0.29) is 5.91 Å². The topological polar surface area (TPSA) is 71.8 Å². The van der Waals surface area contributed by atoms with E-state index in [0.717, 1.165) is 26.1 Å². The van der Waals surface area contributed by atoms with Gasteiger partial charge in [0.2, 0.25) is 0 Å². The monoisotopic (exact) mass is 277 g/mol. The summed E-state index contributed by atoms with van der Waals surface area (Å²) < 4.78 is 1.78. The van der Waals surface area contributed by atoms with E-state index >= 15 is 0 Å². The van der Waals surface area contributed by atoms with Crippen LogP contribution in [-0.4, -0.2) is 40.0 Å². The number of rotatable bonds is 6. The summed E-state index contributed by atoms with van der Waals surface area (Å²) in [6, 6.07) is 0.583. The van der Waals surface area contributed by atoms with Gasteiger partial charge in [-0.2, -0.15) is 0 Å². The number of nitrogens with one attached hydrogen (secondary N) is 2. The molecule has 0 spiro atoms. The van der Waals surface area contributed by atoms with E-state index in [1.54, 1.807) is 10.9 Å². The second-order valence-electron chi connectivity index (χ2n) is 5.96. The summed E-state index contributed by atoms with van der Waals surface area (Å²) in [6.45, 7) is 2.72. The summed E-state index contributed by atoms with van der Waals surface area (Å²) >= 11 is 0. The fraction of sp³-hybridized carbons (Fsp3) is 0.786. The van der Waals surface area contributed by atoms with E-state index < -0.39 is 0 Å². The summed E-state index contributed by atoms with van der Waals surface area (Å²) in [5.41, 5.74) is 0.433. The van der Waals surface area contributed by atoms with E-state index in [0.29, 0.717) is 17.7 Å². The van der Waals surface area contributed by atoms with Crippen LogP contribution in [0.25, 0.3) is 0 Å². The lowest BCUT2D eigenvalue weighted by Crippen LogP contribution is -2.34. The van der Waals surface area contributed by atoms with E-state index in [2.05, 4.69) is 20.9 Å². The highest BCUT2D eigenvalue weighted by atomic mass is 16.2.